The summed E-state index contributed by atoms with van der Waals surface area (Å²) < 4.78 is 6.38. The molecule has 0 aliphatic rings. The lowest BCUT2D eigenvalue weighted by atomic mass is 10.2. The van der Waals surface area contributed by atoms with Crippen molar-refractivity contribution in [1.29, 1.82) is 0 Å². The molecule has 2 heterocycles. The zero-order valence-corrected chi connectivity index (χ0v) is 10.5. The molecule has 0 saturated carbocycles. The van der Waals surface area contributed by atoms with Crippen LogP contribution in [0.25, 0.3) is 11.4 Å². The summed E-state index contributed by atoms with van der Waals surface area (Å²) in [6.45, 7) is 0. The number of hydrogen-bond acceptors (Lipinski definition) is 4. The largest absolute Gasteiger partial charge is 0.469 e. The van der Waals surface area contributed by atoms with Gasteiger partial charge in [-0.3, -0.25) is 14.5 Å². The average Bonchev–Trinajstić information content (AvgIpc) is 2.78. The first-order valence-corrected chi connectivity index (χ1v) is 5.72. The summed E-state index contributed by atoms with van der Waals surface area (Å²) in [7, 11) is 3.26. The van der Waals surface area contributed by atoms with Crippen molar-refractivity contribution in [3.8, 4) is 11.4 Å². The van der Waals surface area contributed by atoms with Crippen molar-refractivity contribution >= 4 is 5.97 Å². The van der Waals surface area contributed by atoms with E-state index in [0.717, 1.165) is 17.1 Å². The maximum Gasteiger partial charge on any atom is 0.305 e. The van der Waals surface area contributed by atoms with Crippen LogP contribution >= 0.6 is 0 Å². The normalized spacial score (nSPS) is 10.3. The molecule has 0 unspecified atom stereocenters. The fourth-order valence-electron chi connectivity index (χ4n) is 1.73. The summed E-state index contributed by atoms with van der Waals surface area (Å²) in [5, 5.41) is 4.36. The number of methoxy groups -OCH3 is 1. The van der Waals surface area contributed by atoms with Crippen molar-refractivity contribution in [2.75, 3.05) is 7.11 Å². The molecule has 0 fully saturated rings. The summed E-state index contributed by atoms with van der Waals surface area (Å²) in [6.07, 6.45) is 2.67. The zero-order chi connectivity index (χ0) is 13.0. The van der Waals surface area contributed by atoms with Gasteiger partial charge in [-0.15, -0.1) is 0 Å². The number of carbonyl (C=O) groups is 1. The van der Waals surface area contributed by atoms with Gasteiger partial charge < -0.3 is 4.74 Å². The smallest absolute Gasteiger partial charge is 0.305 e. The van der Waals surface area contributed by atoms with Crippen LogP contribution in [0.5, 0.6) is 0 Å². The Morgan fingerprint density at radius 2 is 2.28 bits per heavy atom. The van der Waals surface area contributed by atoms with E-state index in [4.69, 9.17) is 0 Å². The van der Waals surface area contributed by atoms with Crippen LogP contribution in [-0.4, -0.2) is 27.8 Å². The highest BCUT2D eigenvalue weighted by Gasteiger charge is 2.09. The molecular formula is C13H15N3O2. The highest BCUT2D eigenvalue weighted by molar-refractivity contribution is 5.69. The van der Waals surface area contributed by atoms with E-state index in [-0.39, 0.29) is 5.97 Å². The average molecular weight is 245 g/mol. The molecular weight excluding hydrogens is 230 g/mol. The molecule has 18 heavy (non-hydrogen) atoms. The Labute approximate surface area is 105 Å². The highest BCUT2D eigenvalue weighted by atomic mass is 16.5. The van der Waals surface area contributed by atoms with Crippen LogP contribution in [0, 0.1) is 0 Å². The third kappa shape index (κ3) is 2.74. The Morgan fingerprint density at radius 3 is 2.94 bits per heavy atom. The zero-order valence-electron chi connectivity index (χ0n) is 10.5. The highest BCUT2D eigenvalue weighted by Crippen LogP contribution is 2.17. The van der Waals surface area contributed by atoms with Crippen LogP contribution < -0.4 is 0 Å². The fourth-order valence-corrected chi connectivity index (χ4v) is 1.73. The van der Waals surface area contributed by atoms with Gasteiger partial charge in [0.25, 0.3) is 0 Å². The van der Waals surface area contributed by atoms with Gasteiger partial charge in [0, 0.05) is 19.7 Å². The molecule has 0 amide bonds. The van der Waals surface area contributed by atoms with Crippen molar-refractivity contribution in [1.82, 2.24) is 14.8 Å². The second-order valence-electron chi connectivity index (χ2n) is 3.94. The Balaban J connectivity index is 2.15. The van der Waals surface area contributed by atoms with Gasteiger partial charge in [0.15, 0.2) is 0 Å². The van der Waals surface area contributed by atoms with Crippen LogP contribution in [0.15, 0.2) is 30.5 Å². The van der Waals surface area contributed by atoms with E-state index in [2.05, 4.69) is 14.8 Å². The number of ether oxygens (including phenoxy) is 1. The molecule has 0 atom stereocenters. The molecule has 0 spiro atoms. The SMILES string of the molecule is COC(=O)CCc1cc(-c2ccccn2)n(C)n1. The minimum atomic E-state index is -0.222. The molecule has 0 N–H and O–H groups in total. The lowest BCUT2D eigenvalue weighted by Gasteiger charge is -1.98. The third-order valence-electron chi connectivity index (χ3n) is 2.67. The molecule has 2 aromatic rings. The summed E-state index contributed by atoms with van der Waals surface area (Å²) in [4.78, 5) is 15.4. The number of pyridine rings is 1. The molecule has 0 bridgehead atoms. The van der Waals surface area contributed by atoms with E-state index >= 15 is 0 Å². The Hall–Kier alpha value is -2.17. The topological polar surface area (TPSA) is 57.0 Å². The minimum absolute atomic E-state index is 0.222. The maximum atomic E-state index is 11.1. The van der Waals surface area contributed by atoms with Gasteiger partial charge in [-0.25, -0.2) is 0 Å². The summed E-state index contributed by atoms with van der Waals surface area (Å²) in [5.41, 5.74) is 2.68. The number of carbonyl (C=O) groups excluding carboxylic acids is 1. The molecule has 5 nitrogen and oxygen atoms in total. The first-order valence-electron chi connectivity index (χ1n) is 5.72. The van der Waals surface area contributed by atoms with Crippen molar-refractivity contribution < 1.29 is 9.53 Å². The molecule has 2 aromatic heterocycles. The second-order valence-corrected chi connectivity index (χ2v) is 3.94. The van der Waals surface area contributed by atoms with E-state index in [1.165, 1.54) is 7.11 Å². The molecule has 0 aliphatic heterocycles. The summed E-state index contributed by atoms with van der Waals surface area (Å²) >= 11 is 0. The summed E-state index contributed by atoms with van der Waals surface area (Å²) in [5.74, 6) is -0.222. The predicted octanol–water partition coefficient (Wildman–Crippen LogP) is 1.59. The van der Waals surface area contributed by atoms with Gasteiger partial charge in [0.05, 0.1) is 30.6 Å². The van der Waals surface area contributed by atoms with E-state index in [1.807, 2.05) is 31.3 Å². The van der Waals surface area contributed by atoms with E-state index in [9.17, 15) is 4.79 Å². The molecule has 0 radical (unpaired) electrons. The van der Waals surface area contributed by atoms with E-state index in [1.54, 1.807) is 10.9 Å². The van der Waals surface area contributed by atoms with Crippen LogP contribution in [0.3, 0.4) is 0 Å². The van der Waals surface area contributed by atoms with Crippen molar-refractivity contribution in [2.45, 2.75) is 12.8 Å². The number of nitrogens with zero attached hydrogens (tertiary/aromatic N) is 3. The summed E-state index contributed by atoms with van der Waals surface area (Å²) in [6, 6.07) is 7.69. The van der Waals surface area contributed by atoms with Crippen LogP contribution in [-0.2, 0) is 23.0 Å². The first-order chi connectivity index (χ1) is 8.70. The van der Waals surface area contributed by atoms with Gasteiger partial charge in [-0.1, -0.05) is 6.07 Å². The van der Waals surface area contributed by atoms with Crippen LogP contribution in [0.4, 0.5) is 0 Å². The van der Waals surface area contributed by atoms with Gasteiger partial charge in [0.2, 0.25) is 0 Å². The Kier molecular flexibility index (Phi) is 3.72. The number of hydrogen-bond donors (Lipinski definition) is 0. The Morgan fingerprint density at radius 1 is 1.44 bits per heavy atom. The van der Waals surface area contributed by atoms with Crippen LogP contribution in [0.1, 0.15) is 12.1 Å². The van der Waals surface area contributed by atoms with Gasteiger partial charge >= 0.3 is 5.97 Å². The maximum absolute atomic E-state index is 11.1. The van der Waals surface area contributed by atoms with E-state index < -0.39 is 0 Å². The molecule has 94 valence electrons. The molecule has 0 aliphatic carbocycles. The monoisotopic (exact) mass is 245 g/mol. The Bertz CT molecular complexity index is 534. The quantitative estimate of drug-likeness (QED) is 0.767. The first kappa shape index (κ1) is 12.3. The second kappa shape index (κ2) is 5.44. The molecule has 5 heteroatoms. The molecule has 0 saturated heterocycles. The lowest BCUT2D eigenvalue weighted by Crippen LogP contribution is -2.02. The number of rotatable bonds is 4. The third-order valence-corrected chi connectivity index (χ3v) is 2.67. The van der Waals surface area contributed by atoms with Gasteiger partial charge in [-0.2, -0.15) is 5.10 Å². The minimum Gasteiger partial charge on any atom is -0.469 e. The van der Waals surface area contributed by atoms with Crippen LogP contribution in [0.2, 0.25) is 0 Å². The lowest BCUT2D eigenvalue weighted by molar-refractivity contribution is -0.140. The van der Waals surface area contributed by atoms with Gasteiger partial charge in [0.1, 0.15) is 0 Å². The van der Waals surface area contributed by atoms with Gasteiger partial charge in [-0.05, 0) is 18.2 Å². The number of esters is 1. The molecule has 2 rings (SSSR count). The molecule has 0 aromatic carbocycles. The predicted molar refractivity (Wildman–Crippen MR) is 66.8 cm³/mol. The standard InChI is InChI=1S/C13H15N3O2/c1-16-12(11-5-3-4-8-14-11)9-10(15-16)6-7-13(17)18-2/h3-5,8-9H,6-7H2,1-2H3. The van der Waals surface area contributed by atoms with Crippen molar-refractivity contribution in [3.63, 3.8) is 0 Å². The number of aromatic nitrogens is 3. The number of aryl methyl sites for hydroxylation is 2. The van der Waals surface area contributed by atoms with E-state index in [0.29, 0.717) is 12.8 Å². The fraction of sp³-hybridized carbons (Fsp3) is 0.308. The van der Waals surface area contributed by atoms with Crippen molar-refractivity contribution in [2.24, 2.45) is 7.05 Å². The van der Waals surface area contributed by atoms with Crippen molar-refractivity contribution in [3.05, 3.63) is 36.2 Å².